The second-order valence-corrected chi connectivity index (χ2v) is 10.1. The van der Waals surface area contributed by atoms with Gasteiger partial charge in [-0.2, -0.15) is 9.46 Å². The number of anilines is 2. The third kappa shape index (κ3) is 4.78. The molecule has 1 saturated heterocycles. The zero-order valence-electron chi connectivity index (χ0n) is 16.7. The Morgan fingerprint density at radius 2 is 2.26 bits per heavy atom. The Morgan fingerprint density at radius 3 is 2.97 bits per heavy atom. The van der Waals surface area contributed by atoms with Crippen LogP contribution in [0, 0.1) is 5.82 Å². The van der Waals surface area contributed by atoms with Crippen molar-refractivity contribution in [2.45, 2.75) is 12.5 Å². The highest BCUT2D eigenvalue weighted by molar-refractivity contribution is 7.92. The monoisotopic (exact) mass is 467 g/mol. The third-order valence-electron chi connectivity index (χ3n) is 4.42. The average Bonchev–Trinajstić information content (AvgIpc) is 3.31. The van der Waals surface area contributed by atoms with Crippen molar-refractivity contribution in [3.05, 3.63) is 47.1 Å². The Bertz CT molecular complexity index is 1270. The number of carbonyl (C=O) groups is 1. The second-order valence-electron chi connectivity index (χ2n) is 7.21. The molecule has 31 heavy (non-hydrogen) atoms. The van der Waals surface area contributed by atoms with Gasteiger partial charge in [0.1, 0.15) is 29.5 Å². The molecule has 3 aromatic rings. The van der Waals surface area contributed by atoms with E-state index in [-0.39, 0.29) is 28.3 Å². The van der Waals surface area contributed by atoms with Gasteiger partial charge in [-0.3, -0.25) is 4.79 Å². The summed E-state index contributed by atoms with van der Waals surface area (Å²) in [5.41, 5.74) is 0.801. The van der Waals surface area contributed by atoms with Crippen LogP contribution in [-0.2, 0) is 14.5 Å². The maximum atomic E-state index is 13.8. The van der Waals surface area contributed by atoms with Crippen LogP contribution in [0.5, 0.6) is 5.75 Å². The van der Waals surface area contributed by atoms with Gasteiger partial charge in [0.05, 0.1) is 29.5 Å². The Balaban J connectivity index is 1.73. The lowest BCUT2D eigenvalue weighted by Crippen LogP contribution is -2.16. The lowest BCUT2D eigenvalue weighted by Gasteiger charge is -2.17. The maximum Gasteiger partial charge on any atom is 0.288 e. The first-order valence-electron chi connectivity index (χ1n) is 9.25. The number of ether oxygens (including phenoxy) is 2. The average molecular weight is 468 g/mol. The molecular weight excluding hydrogens is 449 g/mol. The van der Waals surface area contributed by atoms with Crippen LogP contribution in [0.3, 0.4) is 0 Å². The first-order chi connectivity index (χ1) is 14.7. The molecule has 0 bridgehead atoms. The van der Waals surface area contributed by atoms with Crippen LogP contribution in [0.15, 0.2) is 35.1 Å². The molecule has 1 aliphatic rings. The van der Waals surface area contributed by atoms with Crippen molar-refractivity contribution in [1.82, 2.24) is 14.6 Å². The number of hydrogen-bond acceptors (Lipinski definition) is 7. The Kier molecular flexibility index (Phi) is 5.82. The molecule has 0 radical (unpaired) electrons. The largest absolute Gasteiger partial charge is 0.486 e. The molecule has 164 valence electrons. The van der Waals surface area contributed by atoms with Crippen LogP contribution >= 0.6 is 11.6 Å². The van der Waals surface area contributed by atoms with Crippen LogP contribution in [0.2, 0.25) is 5.02 Å². The van der Waals surface area contributed by atoms with Gasteiger partial charge in [0.15, 0.2) is 5.82 Å². The fraction of sp³-hybridized carbons (Fsp3) is 0.316. The van der Waals surface area contributed by atoms with Crippen molar-refractivity contribution in [3.8, 4) is 5.75 Å². The van der Waals surface area contributed by atoms with E-state index in [0.717, 1.165) is 0 Å². The zero-order chi connectivity index (χ0) is 22.2. The second kappa shape index (κ2) is 8.40. The minimum atomic E-state index is -2.66. The first-order valence-corrected chi connectivity index (χ1v) is 12.0. The van der Waals surface area contributed by atoms with Crippen molar-refractivity contribution in [2.24, 2.45) is 4.36 Å². The van der Waals surface area contributed by atoms with Crippen molar-refractivity contribution < 1.29 is 22.9 Å². The van der Waals surface area contributed by atoms with Crippen molar-refractivity contribution in [2.75, 3.05) is 31.0 Å². The summed E-state index contributed by atoms with van der Waals surface area (Å²) in [5, 5.41) is 7.19. The van der Waals surface area contributed by atoms with E-state index < -0.39 is 21.5 Å². The molecule has 0 spiro atoms. The molecule has 3 heterocycles. The van der Waals surface area contributed by atoms with Crippen LogP contribution in [0.4, 0.5) is 15.9 Å². The van der Waals surface area contributed by atoms with Crippen molar-refractivity contribution in [1.29, 1.82) is 0 Å². The summed E-state index contributed by atoms with van der Waals surface area (Å²) in [5.74, 6) is -0.612. The predicted octanol–water partition coefficient (Wildman–Crippen LogP) is 3.30. The zero-order valence-corrected chi connectivity index (χ0v) is 18.2. The molecule has 9 nitrogen and oxygen atoms in total. The number of nitrogens with one attached hydrogen (secondary N) is 1. The van der Waals surface area contributed by atoms with Crippen LogP contribution in [0.1, 0.15) is 16.8 Å². The summed E-state index contributed by atoms with van der Waals surface area (Å²) in [6.45, 7) is 1.00. The summed E-state index contributed by atoms with van der Waals surface area (Å²) >= 11 is 6.43. The number of halogens is 2. The summed E-state index contributed by atoms with van der Waals surface area (Å²) < 4.78 is 42.0. The molecule has 12 heteroatoms. The van der Waals surface area contributed by atoms with E-state index in [4.69, 9.17) is 21.1 Å². The summed E-state index contributed by atoms with van der Waals surface area (Å²) in [6, 6.07) is 4.07. The van der Waals surface area contributed by atoms with Gasteiger partial charge >= 0.3 is 0 Å². The number of aromatic nitrogens is 3. The molecule has 0 saturated carbocycles. The quantitative estimate of drug-likeness (QED) is 0.613. The lowest BCUT2D eigenvalue weighted by molar-refractivity contribution is 0.100. The molecule has 4 rings (SSSR count). The number of hydrogen-bond donors (Lipinski definition) is 1. The minimum absolute atomic E-state index is 0.0420. The molecule has 0 aliphatic carbocycles. The standard InChI is InChI=1S/C19H19ClFN5O4S/c1-31(2,28)25-19(27)13-8-26-17(16(13)20)18(22-10-23-26)24-14-4-3-11(21)7-15(14)30-12-5-6-29-9-12/h3-4,7-8,10,12H,5-6,9H2,1-2H3,(H,22,23,24)/t12-/m0/s1. The van der Waals surface area contributed by atoms with Crippen LogP contribution in [0.25, 0.3) is 5.52 Å². The molecule has 1 atom stereocenters. The smallest absolute Gasteiger partial charge is 0.288 e. The molecule has 1 aliphatic heterocycles. The summed E-state index contributed by atoms with van der Waals surface area (Å²) in [7, 11) is -2.66. The van der Waals surface area contributed by atoms with Gasteiger partial charge in [0, 0.05) is 40.9 Å². The van der Waals surface area contributed by atoms with Gasteiger partial charge in [-0.15, -0.1) is 0 Å². The lowest BCUT2D eigenvalue weighted by atomic mass is 10.2. The number of carbonyl (C=O) groups excluding carboxylic acids is 1. The van der Waals surface area contributed by atoms with Crippen molar-refractivity contribution >= 4 is 44.3 Å². The number of nitrogens with zero attached hydrogens (tertiary/aromatic N) is 4. The van der Waals surface area contributed by atoms with Gasteiger partial charge in [-0.05, 0) is 12.1 Å². The normalized spacial score (nSPS) is 16.5. The van der Waals surface area contributed by atoms with E-state index in [0.29, 0.717) is 30.8 Å². The number of fused-ring (bicyclic) bond motifs is 1. The van der Waals surface area contributed by atoms with E-state index in [1.807, 2.05) is 0 Å². The molecular formula is C19H19ClFN5O4S. The molecule has 2 aromatic heterocycles. The maximum absolute atomic E-state index is 13.8. The highest BCUT2D eigenvalue weighted by Crippen LogP contribution is 2.34. The number of benzene rings is 1. The van der Waals surface area contributed by atoms with Gasteiger partial charge in [-0.1, -0.05) is 11.6 Å². The third-order valence-corrected chi connectivity index (χ3v) is 5.41. The summed E-state index contributed by atoms with van der Waals surface area (Å²) in [4.78, 5) is 16.6. The van der Waals surface area contributed by atoms with Crippen LogP contribution < -0.4 is 10.1 Å². The Labute approximate surface area is 182 Å². The first kappa shape index (κ1) is 21.5. The number of rotatable bonds is 5. The Morgan fingerprint density at radius 1 is 1.45 bits per heavy atom. The fourth-order valence-electron chi connectivity index (χ4n) is 3.07. The van der Waals surface area contributed by atoms with Gasteiger partial charge in [-0.25, -0.2) is 18.1 Å². The topological polar surface area (TPSA) is 107 Å². The highest BCUT2D eigenvalue weighted by atomic mass is 35.5. The van der Waals surface area contributed by atoms with E-state index in [2.05, 4.69) is 19.8 Å². The molecule has 1 aromatic carbocycles. The SMILES string of the molecule is CS(C)(=O)=NC(=O)c1cn2ncnc(Nc3ccc(F)cc3O[C@H]3CCOC3)c2c1Cl. The van der Waals surface area contributed by atoms with Gasteiger partial charge in [0.25, 0.3) is 5.91 Å². The van der Waals surface area contributed by atoms with Gasteiger partial charge in [0.2, 0.25) is 0 Å². The number of amides is 1. The highest BCUT2D eigenvalue weighted by Gasteiger charge is 2.22. The minimum Gasteiger partial charge on any atom is -0.486 e. The summed E-state index contributed by atoms with van der Waals surface area (Å²) in [6.07, 6.45) is 5.88. The molecule has 1 N–H and O–H groups in total. The van der Waals surface area contributed by atoms with Gasteiger partial charge < -0.3 is 14.8 Å². The Hall–Kier alpha value is -2.76. The van der Waals surface area contributed by atoms with E-state index in [1.165, 1.54) is 47.8 Å². The van der Waals surface area contributed by atoms with E-state index in [9.17, 15) is 13.4 Å². The van der Waals surface area contributed by atoms with Crippen LogP contribution in [-0.4, -0.2) is 56.5 Å². The predicted molar refractivity (Wildman–Crippen MR) is 114 cm³/mol. The fourth-order valence-corrected chi connectivity index (χ4v) is 3.88. The molecule has 1 amide bonds. The molecule has 0 unspecified atom stereocenters. The van der Waals surface area contributed by atoms with E-state index in [1.54, 1.807) is 0 Å². The van der Waals surface area contributed by atoms with Crippen molar-refractivity contribution in [3.63, 3.8) is 0 Å². The molecule has 1 fully saturated rings. The van der Waals surface area contributed by atoms with E-state index >= 15 is 0 Å².